The molecule has 8 aromatic carbocycles. The molecule has 0 aliphatic carbocycles. The number of nitrogens with one attached hydrogen (secondary N) is 1. The first-order valence-corrected chi connectivity index (χ1v) is 17.3. The Labute approximate surface area is 300 Å². The van der Waals surface area contributed by atoms with Crippen molar-refractivity contribution in [3.05, 3.63) is 187 Å². The fourth-order valence-corrected chi connectivity index (χ4v) is 7.46. The van der Waals surface area contributed by atoms with Crippen LogP contribution in [0.4, 0.5) is 17.1 Å². The Bertz CT molecular complexity index is 2920. The quantitative estimate of drug-likeness (QED) is 0.150. The summed E-state index contributed by atoms with van der Waals surface area (Å²) in [4.78, 5) is 12.1. The number of para-hydroxylation sites is 2. The number of hydrogen-bond acceptors (Lipinski definition) is 3. The lowest BCUT2D eigenvalue weighted by molar-refractivity contribution is 0.668. The average Bonchev–Trinajstić information content (AvgIpc) is 3.59. The fraction of sp³-hybridized carbons (Fsp3) is 0. The summed E-state index contributed by atoms with van der Waals surface area (Å²) < 4.78 is 6.28. The minimum absolute atomic E-state index is 0.138. The number of hydrogen-bond donors (Lipinski definition) is 1. The van der Waals surface area contributed by atoms with E-state index < -0.39 is 0 Å². The molecule has 0 atom stereocenters. The minimum atomic E-state index is 0.138. The minimum Gasteiger partial charge on any atom is -0.455 e. The zero-order valence-electron chi connectivity index (χ0n) is 28.0. The van der Waals surface area contributed by atoms with Gasteiger partial charge in [-0.3, -0.25) is 5.41 Å². The van der Waals surface area contributed by atoms with Crippen molar-refractivity contribution < 1.29 is 4.42 Å². The van der Waals surface area contributed by atoms with Gasteiger partial charge >= 0.3 is 0 Å². The van der Waals surface area contributed by atoms with Crippen LogP contribution in [0.3, 0.4) is 0 Å². The topological polar surface area (TPSA) is 65.0 Å². The summed E-state index contributed by atoms with van der Waals surface area (Å²) in [5.41, 5.74) is 9.70. The standard InChI is InChI=1S/C47H30N4O/c48-46(31-11-2-1-3-12-31)50-47(49-29-35-17-9-20-39-37-18-6-7-22-43(37)52-45(35)39)32-23-25-36(26-24-32)51-41-21-10-16-30-15-8-19-38(44(30)41)40-27-33-13-4-5-14-34(33)28-42(40)51/h1-29,48H. The summed E-state index contributed by atoms with van der Waals surface area (Å²) in [6.45, 7) is 0. The average molecular weight is 667 g/mol. The lowest BCUT2D eigenvalue weighted by Crippen LogP contribution is -2.15. The Morgan fingerprint density at radius 1 is 0.558 bits per heavy atom. The second-order valence-corrected chi connectivity index (χ2v) is 13.0. The lowest BCUT2D eigenvalue weighted by atomic mass is 9.89. The molecular formula is C47H30N4O. The van der Waals surface area contributed by atoms with Crippen molar-refractivity contribution >= 4 is 78.4 Å². The van der Waals surface area contributed by atoms with Gasteiger partial charge in [-0.25, -0.2) is 9.98 Å². The smallest absolute Gasteiger partial charge is 0.161 e. The van der Waals surface area contributed by atoms with Crippen LogP contribution in [0.15, 0.2) is 184 Å². The van der Waals surface area contributed by atoms with Gasteiger partial charge in [-0.1, -0.05) is 115 Å². The summed E-state index contributed by atoms with van der Waals surface area (Å²) in [6.07, 6.45) is 1.79. The molecule has 1 aliphatic rings. The van der Waals surface area contributed by atoms with Crippen molar-refractivity contribution in [2.24, 2.45) is 9.98 Å². The first-order valence-electron chi connectivity index (χ1n) is 17.3. The zero-order valence-corrected chi connectivity index (χ0v) is 28.0. The molecular weight excluding hydrogens is 637 g/mol. The molecule has 9 aromatic rings. The van der Waals surface area contributed by atoms with Gasteiger partial charge < -0.3 is 9.32 Å². The van der Waals surface area contributed by atoms with E-state index in [9.17, 15) is 0 Å². The van der Waals surface area contributed by atoms with Gasteiger partial charge in [-0.05, 0) is 76.3 Å². The molecule has 0 saturated carbocycles. The molecule has 10 rings (SSSR count). The first-order chi connectivity index (χ1) is 25.7. The summed E-state index contributed by atoms with van der Waals surface area (Å²) in [7, 11) is 0. The molecule has 244 valence electrons. The summed E-state index contributed by atoms with van der Waals surface area (Å²) in [6, 6.07) is 58.2. The highest BCUT2D eigenvalue weighted by atomic mass is 16.3. The SMILES string of the molecule is N=C(N=C(N=Cc1cccc2c1oc1ccccc12)c1ccc(N2c3cc4ccccc4cc3-c3cccc4cccc2c34)cc1)c1ccccc1. The maximum absolute atomic E-state index is 8.89. The third kappa shape index (κ3) is 4.90. The summed E-state index contributed by atoms with van der Waals surface area (Å²) in [5.74, 6) is 0.574. The van der Waals surface area contributed by atoms with E-state index in [4.69, 9.17) is 19.8 Å². The number of fused-ring (bicyclic) bond motifs is 6. The molecule has 0 spiro atoms. The molecule has 0 saturated heterocycles. The van der Waals surface area contributed by atoms with Crippen molar-refractivity contribution in [3.8, 4) is 11.1 Å². The van der Waals surface area contributed by atoms with E-state index in [1.54, 1.807) is 6.21 Å². The predicted molar refractivity (Wildman–Crippen MR) is 216 cm³/mol. The zero-order chi connectivity index (χ0) is 34.6. The normalized spacial score (nSPS) is 12.7. The molecule has 0 amide bonds. The first kappa shape index (κ1) is 29.8. The van der Waals surface area contributed by atoms with Crippen LogP contribution in [0, 0.1) is 5.41 Å². The highest BCUT2D eigenvalue weighted by molar-refractivity contribution is 6.17. The van der Waals surface area contributed by atoms with Crippen LogP contribution in [-0.4, -0.2) is 17.9 Å². The molecule has 0 fully saturated rings. The van der Waals surface area contributed by atoms with E-state index in [0.717, 1.165) is 55.7 Å². The van der Waals surface area contributed by atoms with E-state index in [1.165, 1.54) is 32.7 Å². The second-order valence-electron chi connectivity index (χ2n) is 13.0. The number of anilines is 3. The second kappa shape index (κ2) is 12.0. The van der Waals surface area contributed by atoms with Gasteiger partial charge in [-0.2, -0.15) is 0 Å². The van der Waals surface area contributed by atoms with E-state index in [-0.39, 0.29) is 5.84 Å². The number of aliphatic imine (C=N–C) groups is 2. The Hall–Kier alpha value is -7.11. The van der Waals surface area contributed by atoms with Gasteiger partial charge in [0, 0.05) is 50.3 Å². The third-order valence-electron chi connectivity index (χ3n) is 9.93. The van der Waals surface area contributed by atoms with Crippen molar-refractivity contribution in [3.63, 3.8) is 0 Å². The van der Waals surface area contributed by atoms with Crippen molar-refractivity contribution in [1.82, 2.24) is 0 Å². The van der Waals surface area contributed by atoms with Gasteiger partial charge in [0.15, 0.2) is 11.7 Å². The molecule has 5 heteroatoms. The van der Waals surface area contributed by atoms with Crippen molar-refractivity contribution in [2.75, 3.05) is 4.90 Å². The van der Waals surface area contributed by atoms with E-state index in [2.05, 4.69) is 102 Å². The van der Waals surface area contributed by atoms with Crippen LogP contribution >= 0.6 is 0 Å². The Kier molecular flexibility index (Phi) is 6.89. The largest absolute Gasteiger partial charge is 0.455 e. The number of amidine groups is 2. The van der Waals surface area contributed by atoms with Crippen LogP contribution < -0.4 is 4.90 Å². The summed E-state index contributed by atoms with van der Waals surface area (Å²) >= 11 is 0. The van der Waals surface area contributed by atoms with Crippen LogP contribution in [0.2, 0.25) is 0 Å². The van der Waals surface area contributed by atoms with Crippen LogP contribution in [0.5, 0.6) is 0 Å². The van der Waals surface area contributed by atoms with Crippen molar-refractivity contribution in [2.45, 2.75) is 0 Å². The van der Waals surface area contributed by atoms with Crippen LogP contribution in [-0.2, 0) is 0 Å². The molecule has 52 heavy (non-hydrogen) atoms. The van der Waals surface area contributed by atoms with Crippen LogP contribution in [0.1, 0.15) is 16.7 Å². The maximum Gasteiger partial charge on any atom is 0.161 e. The van der Waals surface area contributed by atoms with Gasteiger partial charge in [0.25, 0.3) is 0 Å². The fourth-order valence-electron chi connectivity index (χ4n) is 7.46. The number of rotatable bonds is 4. The molecule has 0 radical (unpaired) electrons. The highest BCUT2D eigenvalue weighted by Gasteiger charge is 2.26. The maximum atomic E-state index is 8.89. The molecule has 0 unspecified atom stereocenters. The predicted octanol–water partition coefficient (Wildman–Crippen LogP) is 12.2. The van der Waals surface area contributed by atoms with Gasteiger partial charge in [0.2, 0.25) is 0 Å². The molecule has 1 aromatic heterocycles. The van der Waals surface area contributed by atoms with Gasteiger partial charge in [-0.15, -0.1) is 0 Å². The highest BCUT2D eigenvalue weighted by Crippen LogP contribution is 2.51. The molecule has 1 N–H and O–H groups in total. The summed E-state index contributed by atoms with van der Waals surface area (Å²) in [5, 5.41) is 15.8. The molecule has 1 aliphatic heterocycles. The Balaban J connectivity index is 1.10. The van der Waals surface area contributed by atoms with Crippen molar-refractivity contribution in [1.29, 1.82) is 5.41 Å². The van der Waals surface area contributed by atoms with E-state index >= 15 is 0 Å². The number of benzene rings is 8. The Morgan fingerprint density at radius 2 is 1.25 bits per heavy atom. The molecule has 2 heterocycles. The number of nitrogens with zero attached hydrogens (tertiary/aromatic N) is 3. The lowest BCUT2D eigenvalue weighted by Gasteiger charge is -2.34. The Morgan fingerprint density at radius 3 is 2.10 bits per heavy atom. The van der Waals surface area contributed by atoms with E-state index in [1.807, 2.05) is 72.8 Å². The third-order valence-corrected chi connectivity index (χ3v) is 9.93. The number of furan rings is 1. The molecule has 0 bridgehead atoms. The van der Waals surface area contributed by atoms with Gasteiger partial charge in [0.1, 0.15) is 11.2 Å². The molecule has 5 nitrogen and oxygen atoms in total. The van der Waals surface area contributed by atoms with Gasteiger partial charge in [0.05, 0.1) is 11.4 Å². The van der Waals surface area contributed by atoms with Crippen LogP contribution in [0.25, 0.3) is 54.6 Å². The van der Waals surface area contributed by atoms with E-state index in [0.29, 0.717) is 5.84 Å². The monoisotopic (exact) mass is 666 g/mol.